The monoisotopic (exact) mass is 382 g/mol. The molecule has 29 heavy (non-hydrogen) atoms. The van der Waals surface area contributed by atoms with E-state index >= 15 is 0 Å². The Bertz CT molecular complexity index is 1150. The lowest BCUT2D eigenvalue weighted by Gasteiger charge is -2.25. The molecule has 1 aromatic heterocycles. The molecular weight excluding hydrogens is 360 g/mol. The third kappa shape index (κ3) is 3.43. The van der Waals surface area contributed by atoms with Gasteiger partial charge in [-0.3, -0.25) is 0 Å². The second-order valence-corrected chi connectivity index (χ2v) is 7.38. The molecular formula is C25H22N2O2. The van der Waals surface area contributed by atoms with Gasteiger partial charge in [0.05, 0.1) is 11.6 Å². The first-order chi connectivity index (χ1) is 14.3. The van der Waals surface area contributed by atoms with Crippen molar-refractivity contribution in [1.29, 1.82) is 0 Å². The fraction of sp³-hybridized carbons (Fsp3) is 0.160. The van der Waals surface area contributed by atoms with Gasteiger partial charge in [-0.15, -0.1) is 0 Å². The molecule has 0 amide bonds. The molecule has 0 bridgehead atoms. The Morgan fingerprint density at radius 1 is 0.931 bits per heavy atom. The Hall–Kier alpha value is -3.37. The molecule has 3 aromatic carbocycles. The molecule has 4 nitrogen and oxygen atoms in total. The van der Waals surface area contributed by atoms with Gasteiger partial charge in [0, 0.05) is 23.1 Å². The summed E-state index contributed by atoms with van der Waals surface area (Å²) in [6.07, 6.45) is 1.01. The van der Waals surface area contributed by atoms with Gasteiger partial charge in [-0.1, -0.05) is 60.7 Å². The number of hydrogen-bond donors (Lipinski definition) is 2. The highest BCUT2D eigenvalue weighted by molar-refractivity contribution is 5.89. The van der Waals surface area contributed by atoms with Crippen LogP contribution in [0.25, 0.3) is 10.9 Å². The van der Waals surface area contributed by atoms with Gasteiger partial charge in [0.2, 0.25) is 0 Å². The van der Waals surface area contributed by atoms with E-state index in [-0.39, 0.29) is 18.6 Å². The van der Waals surface area contributed by atoms with Crippen molar-refractivity contribution in [3.05, 3.63) is 107 Å². The molecule has 4 aromatic rings. The highest BCUT2D eigenvalue weighted by atomic mass is 16.5. The minimum Gasteiger partial charge on any atom is -0.457 e. The van der Waals surface area contributed by atoms with E-state index in [1.165, 1.54) is 22.2 Å². The minimum absolute atomic E-state index is 0.0977. The Morgan fingerprint density at radius 2 is 1.69 bits per heavy atom. The summed E-state index contributed by atoms with van der Waals surface area (Å²) in [4.78, 5) is 16.0. The van der Waals surface area contributed by atoms with Crippen LogP contribution in [0.15, 0.2) is 78.9 Å². The molecule has 0 aliphatic carbocycles. The van der Waals surface area contributed by atoms with Crippen molar-refractivity contribution in [3.8, 4) is 0 Å². The van der Waals surface area contributed by atoms with E-state index in [2.05, 4.69) is 34.6 Å². The van der Waals surface area contributed by atoms with Crippen LogP contribution in [0, 0.1) is 0 Å². The summed E-state index contributed by atoms with van der Waals surface area (Å²) in [6.45, 7) is 1.21. The number of nitrogens with one attached hydrogen (secondary N) is 2. The van der Waals surface area contributed by atoms with Gasteiger partial charge in [-0.2, -0.15) is 0 Å². The highest BCUT2D eigenvalue weighted by Crippen LogP contribution is 2.33. The van der Waals surface area contributed by atoms with Crippen molar-refractivity contribution >= 4 is 16.9 Å². The van der Waals surface area contributed by atoms with Crippen molar-refractivity contribution < 1.29 is 9.53 Å². The quantitative estimate of drug-likeness (QED) is 0.500. The van der Waals surface area contributed by atoms with Gasteiger partial charge < -0.3 is 15.0 Å². The first-order valence-corrected chi connectivity index (χ1v) is 9.93. The summed E-state index contributed by atoms with van der Waals surface area (Å²) in [5.41, 5.74) is 6.46. The Kier molecular flexibility index (Phi) is 4.62. The molecule has 5 rings (SSSR count). The lowest BCUT2D eigenvalue weighted by atomic mass is 9.94. The number of para-hydroxylation sites is 1. The predicted molar refractivity (Wildman–Crippen MR) is 114 cm³/mol. The number of ether oxygens (including phenoxy) is 1. The van der Waals surface area contributed by atoms with E-state index < -0.39 is 0 Å². The highest BCUT2D eigenvalue weighted by Gasteiger charge is 2.25. The number of aromatic nitrogens is 1. The van der Waals surface area contributed by atoms with Crippen molar-refractivity contribution in [2.75, 3.05) is 6.54 Å². The first-order valence-electron chi connectivity index (χ1n) is 9.93. The van der Waals surface area contributed by atoms with Crippen LogP contribution in [0.5, 0.6) is 0 Å². The van der Waals surface area contributed by atoms with Crippen LogP contribution >= 0.6 is 0 Å². The van der Waals surface area contributed by atoms with Gasteiger partial charge >= 0.3 is 5.97 Å². The molecule has 2 heterocycles. The summed E-state index contributed by atoms with van der Waals surface area (Å²) < 4.78 is 5.43. The minimum atomic E-state index is -0.302. The summed E-state index contributed by atoms with van der Waals surface area (Å²) >= 11 is 0. The van der Waals surface area contributed by atoms with Crippen LogP contribution < -0.4 is 5.32 Å². The number of aromatic amines is 1. The molecule has 0 radical (unpaired) electrons. The number of fused-ring (bicyclic) bond motifs is 3. The third-order valence-electron chi connectivity index (χ3n) is 5.55. The Labute approximate surface area is 169 Å². The number of carbonyl (C=O) groups excluding carboxylic acids is 1. The van der Waals surface area contributed by atoms with Crippen LogP contribution in [0.4, 0.5) is 0 Å². The molecule has 0 saturated heterocycles. The Balaban J connectivity index is 1.35. The topological polar surface area (TPSA) is 54.1 Å². The van der Waals surface area contributed by atoms with E-state index in [4.69, 9.17) is 4.74 Å². The molecule has 144 valence electrons. The second-order valence-electron chi connectivity index (χ2n) is 7.38. The van der Waals surface area contributed by atoms with Crippen molar-refractivity contribution in [1.82, 2.24) is 10.3 Å². The predicted octanol–water partition coefficient (Wildman–Crippen LogP) is 4.76. The number of benzene rings is 3. The number of esters is 1. The number of rotatable bonds is 4. The number of carbonyl (C=O) groups is 1. The van der Waals surface area contributed by atoms with Crippen LogP contribution in [0.1, 0.15) is 38.8 Å². The molecule has 1 aliphatic heterocycles. The van der Waals surface area contributed by atoms with E-state index in [1.807, 2.05) is 54.6 Å². The van der Waals surface area contributed by atoms with Crippen LogP contribution in [-0.4, -0.2) is 17.5 Å². The zero-order valence-corrected chi connectivity index (χ0v) is 16.0. The SMILES string of the molecule is O=C(OCc1ccccc1)c1ccc(C2NCCc3c2[nH]c2ccccc32)cc1. The molecule has 1 aliphatic rings. The van der Waals surface area contributed by atoms with Crippen molar-refractivity contribution in [3.63, 3.8) is 0 Å². The largest absolute Gasteiger partial charge is 0.457 e. The molecule has 0 fully saturated rings. The smallest absolute Gasteiger partial charge is 0.338 e. The average Bonchev–Trinajstić information content (AvgIpc) is 3.17. The molecule has 2 N–H and O–H groups in total. The third-order valence-corrected chi connectivity index (χ3v) is 5.55. The molecule has 4 heteroatoms. The van der Waals surface area contributed by atoms with Gasteiger partial charge in [-0.05, 0) is 41.3 Å². The maximum absolute atomic E-state index is 12.4. The molecule has 0 spiro atoms. The maximum Gasteiger partial charge on any atom is 0.338 e. The summed E-state index contributed by atoms with van der Waals surface area (Å²) in [7, 11) is 0. The van der Waals surface area contributed by atoms with Crippen molar-refractivity contribution in [2.45, 2.75) is 19.1 Å². The van der Waals surface area contributed by atoms with Gasteiger partial charge in [0.1, 0.15) is 6.61 Å². The van der Waals surface area contributed by atoms with Gasteiger partial charge in [0.15, 0.2) is 0 Å². The normalized spacial score (nSPS) is 15.8. The lowest BCUT2D eigenvalue weighted by molar-refractivity contribution is 0.0472. The maximum atomic E-state index is 12.4. The van der Waals surface area contributed by atoms with Crippen LogP contribution in [0.2, 0.25) is 0 Å². The average molecular weight is 382 g/mol. The summed E-state index contributed by atoms with van der Waals surface area (Å²) in [5.74, 6) is -0.302. The van der Waals surface area contributed by atoms with E-state index in [0.717, 1.165) is 24.1 Å². The van der Waals surface area contributed by atoms with Gasteiger partial charge in [-0.25, -0.2) is 4.79 Å². The van der Waals surface area contributed by atoms with Gasteiger partial charge in [0.25, 0.3) is 0 Å². The number of H-pyrrole nitrogens is 1. The summed E-state index contributed by atoms with van der Waals surface area (Å²) in [5, 5.41) is 4.90. The zero-order chi connectivity index (χ0) is 19.6. The van der Waals surface area contributed by atoms with Crippen LogP contribution in [0.3, 0.4) is 0 Å². The molecule has 0 saturated carbocycles. The lowest BCUT2D eigenvalue weighted by Crippen LogP contribution is -2.30. The standard InChI is InChI=1S/C25H22N2O2/c28-25(29-16-17-6-2-1-3-7-17)19-12-10-18(11-13-19)23-24-21(14-15-26-23)20-8-4-5-9-22(20)27-24/h1-13,23,26-27H,14-16H2. The second kappa shape index (κ2) is 7.57. The fourth-order valence-corrected chi connectivity index (χ4v) is 4.08. The van der Waals surface area contributed by atoms with Crippen molar-refractivity contribution in [2.24, 2.45) is 0 Å². The van der Waals surface area contributed by atoms with E-state index in [0.29, 0.717) is 5.56 Å². The fourth-order valence-electron chi connectivity index (χ4n) is 4.08. The van der Waals surface area contributed by atoms with E-state index in [9.17, 15) is 4.79 Å². The van der Waals surface area contributed by atoms with E-state index in [1.54, 1.807) is 0 Å². The molecule has 1 atom stereocenters. The summed E-state index contributed by atoms with van der Waals surface area (Å²) in [6, 6.07) is 26.0. The zero-order valence-electron chi connectivity index (χ0n) is 16.0. The molecule has 1 unspecified atom stereocenters. The number of hydrogen-bond acceptors (Lipinski definition) is 3. The Morgan fingerprint density at radius 3 is 2.52 bits per heavy atom. The van der Waals surface area contributed by atoms with Crippen LogP contribution in [-0.2, 0) is 17.8 Å². The first kappa shape index (κ1) is 17.7.